The summed E-state index contributed by atoms with van der Waals surface area (Å²) in [5.74, 6) is 0.0584. The average molecular weight is 325 g/mol. The summed E-state index contributed by atoms with van der Waals surface area (Å²) < 4.78 is 0. The van der Waals surface area contributed by atoms with Gasteiger partial charge in [0.1, 0.15) is 5.82 Å². The van der Waals surface area contributed by atoms with Crippen molar-refractivity contribution in [2.24, 2.45) is 11.7 Å². The van der Waals surface area contributed by atoms with E-state index in [1.807, 2.05) is 6.92 Å². The second kappa shape index (κ2) is 6.96. The van der Waals surface area contributed by atoms with Crippen LogP contribution in [-0.2, 0) is 9.59 Å². The lowest BCUT2D eigenvalue weighted by Crippen LogP contribution is -2.51. The Hall–Kier alpha value is -1.82. The number of anilines is 1. The van der Waals surface area contributed by atoms with Crippen molar-refractivity contribution in [3.05, 3.63) is 23.4 Å². The number of carbonyl (C=O) groups excluding carboxylic acids is 2. The van der Waals surface area contributed by atoms with E-state index in [-0.39, 0.29) is 30.3 Å². The number of aromatic nitrogens is 1. The molecule has 0 spiro atoms. The van der Waals surface area contributed by atoms with Crippen LogP contribution in [0.2, 0.25) is 5.02 Å². The fourth-order valence-electron chi connectivity index (χ4n) is 2.66. The second-order valence-electron chi connectivity index (χ2n) is 5.76. The number of amides is 2. The fraction of sp³-hybridized carbons (Fsp3) is 0.533. The lowest BCUT2D eigenvalue weighted by Gasteiger charge is -2.37. The van der Waals surface area contributed by atoms with Crippen LogP contribution < -0.4 is 10.6 Å². The molecule has 6 nitrogen and oxygen atoms in total. The molecule has 0 radical (unpaired) electrons. The third-order valence-electron chi connectivity index (χ3n) is 4.08. The molecule has 1 aromatic rings. The molecular formula is C15H21ClN4O2. The predicted octanol–water partition coefficient (Wildman–Crippen LogP) is 1.28. The maximum atomic E-state index is 12.5. The molecule has 22 heavy (non-hydrogen) atoms. The maximum Gasteiger partial charge on any atom is 0.242 e. The number of halogens is 1. The van der Waals surface area contributed by atoms with Crippen molar-refractivity contribution < 1.29 is 9.59 Å². The van der Waals surface area contributed by atoms with Gasteiger partial charge in [0.25, 0.3) is 0 Å². The summed E-state index contributed by atoms with van der Waals surface area (Å²) >= 11 is 5.81. The third kappa shape index (κ3) is 3.88. The summed E-state index contributed by atoms with van der Waals surface area (Å²) in [4.78, 5) is 31.6. The van der Waals surface area contributed by atoms with Crippen molar-refractivity contribution in [2.75, 3.05) is 25.0 Å². The zero-order valence-corrected chi connectivity index (χ0v) is 13.6. The number of rotatable bonds is 4. The molecule has 0 unspecified atom stereocenters. The van der Waals surface area contributed by atoms with E-state index in [9.17, 15) is 9.59 Å². The highest BCUT2D eigenvalue weighted by molar-refractivity contribution is 6.30. The average Bonchev–Trinajstić information content (AvgIpc) is 2.47. The Kier molecular flexibility index (Phi) is 5.24. The fourth-order valence-corrected chi connectivity index (χ4v) is 2.77. The summed E-state index contributed by atoms with van der Waals surface area (Å²) in [5, 5.41) is 0.553. The molecule has 120 valence electrons. The van der Waals surface area contributed by atoms with E-state index in [2.05, 4.69) is 4.98 Å². The first kappa shape index (κ1) is 16.5. The number of likely N-dealkylation sites (N-methyl/N-ethyl adjacent to an activating group) is 1. The van der Waals surface area contributed by atoms with Crippen LogP contribution in [0.4, 0.5) is 5.82 Å². The first-order valence-corrected chi connectivity index (χ1v) is 7.67. The van der Waals surface area contributed by atoms with Gasteiger partial charge in [-0.15, -0.1) is 0 Å². The number of piperidine rings is 1. The van der Waals surface area contributed by atoms with Crippen LogP contribution in [-0.4, -0.2) is 47.9 Å². The van der Waals surface area contributed by atoms with Crippen LogP contribution >= 0.6 is 11.6 Å². The monoisotopic (exact) mass is 324 g/mol. The highest BCUT2D eigenvalue weighted by atomic mass is 35.5. The molecule has 2 amide bonds. The largest absolute Gasteiger partial charge is 0.369 e. The number of hydrogen-bond acceptors (Lipinski definition) is 4. The molecule has 2 heterocycles. The normalized spacial score (nSPS) is 21.5. The third-order valence-corrected chi connectivity index (χ3v) is 4.30. The Bertz CT molecular complexity index is 549. The van der Waals surface area contributed by atoms with E-state index < -0.39 is 0 Å². The molecule has 1 aliphatic heterocycles. The van der Waals surface area contributed by atoms with Crippen molar-refractivity contribution >= 4 is 29.2 Å². The van der Waals surface area contributed by atoms with Gasteiger partial charge in [0.15, 0.2) is 0 Å². The highest BCUT2D eigenvalue weighted by Crippen LogP contribution is 2.22. The van der Waals surface area contributed by atoms with Gasteiger partial charge >= 0.3 is 0 Å². The van der Waals surface area contributed by atoms with Gasteiger partial charge in [-0.1, -0.05) is 11.6 Å². The van der Waals surface area contributed by atoms with E-state index in [4.69, 9.17) is 17.3 Å². The zero-order valence-electron chi connectivity index (χ0n) is 12.8. The Balaban J connectivity index is 2.00. The van der Waals surface area contributed by atoms with Gasteiger partial charge in [-0.05, 0) is 31.9 Å². The van der Waals surface area contributed by atoms with E-state index in [1.54, 1.807) is 35.2 Å². The van der Waals surface area contributed by atoms with Gasteiger partial charge < -0.3 is 15.5 Å². The van der Waals surface area contributed by atoms with Crippen LogP contribution in [0.15, 0.2) is 18.3 Å². The van der Waals surface area contributed by atoms with Gasteiger partial charge in [-0.25, -0.2) is 4.98 Å². The van der Waals surface area contributed by atoms with E-state index in [0.29, 0.717) is 17.4 Å². The Morgan fingerprint density at radius 3 is 2.77 bits per heavy atom. The van der Waals surface area contributed by atoms with Crippen molar-refractivity contribution in [1.29, 1.82) is 0 Å². The molecule has 0 saturated carbocycles. The summed E-state index contributed by atoms with van der Waals surface area (Å²) in [7, 11) is 1.80. The molecule has 2 atom stereocenters. The summed E-state index contributed by atoms with van der Waals surface area (Å²) in [6.45, 7) is 2.59. The van der Waals surface area contributed by atoms with E-state index >= 15 is 0 Å². The molecule has 0 bridgehead atoms. The van der Waals surface area contributed by atoms with Gasteiger partial charge in [-0.2, -0.15) is 0 Å². The lowest BCUT2D eigenvalue weighted by atomic mass is 9.93. The summed E-state index contributed by atoms with van der Waals surface area (Å²) in [5.41, 5.74) is 5.37. The Morgan fingerprint density at radius 1 is 1.45 bits per heavy atom. The Labute approximate surface area is 135 Å². The van der Waals surface area contributed by atoms with Gasteiger partial charge in [0, 0.05) is 25.8 Å². The van der Waals surface area contributed by atoms with Gasteiger partial charge in [-0.3, -0.25) is 9.59 Å². The number of nitrogens with two attached hydrogens (primary N) is 1. The molecular weight excluding hydrogens is 304 g/mol. The highest BCUT2D eigenvalue weighted by Gasteiger charge is 2.31. The smallest absolute Gasteiger partial charge is 0.242 e. The molecule has 7 heteroatoms. The zero-order chi connectivity index (χ0) is 16.3. The minimum absolute atomic E-state index is 0.0299. The molecule has 1 fully saturated rings. The SMILES string of the molecule is C[C@@H]1CC[C@@H](C(N)=O)CN1C(=O)CN(C)c1ccc(Cl)cn1. The van der Waals surface area contributed by atoms with Crippen LogP contribution in [0, 0.1) is 5.92 Å². The molecule has 2 rings (SSSR count). The minimum atomic E-state index is -0.336. The molecule has 1 aliphatic rings. The number of pyridine rings is 1. The second-order valence-corrected chi connectivity index (χ2v) is 6.20. The van der Waals surface area contributed by atoms with Gasteiger partial charge in [0.2, 0.25) is 11.8 Å². The van der Waals surface area contributed by atoms with Crippen molar-refractivity contribution in [2.45, 2.75) is 25.8 Å². The minimum Gasteiger partial charge on any atom is -0.369 e. The summed E-state index contributed by atoms with van der Waals surface area (Å²) in [6, 6.07) is 3.62. The van der Waals surface area contributed by atoms with Crippen LogP contribution in [0.5, 0.6) is 0 Å². The van der Waals surface area contributed by atoms with Crippen LogP contribution in [0.1, 0.15) is 19.8 Å². The van der Waals surface area contributed by atoms with Crippen molar-refractivity contribution in [3.8, 4) is 0 Å². The molecule has 1 aromatic heterocycles. The number of hydrogen-bond donors (Lipinski definition) is 1. The quantitative estimate of drug-likeness (QED) is 0.905. The van der Waals surface area contributed by atoms with Crippen molar-refractivity contribution in [1.82, 2.24) is 9.88 Å². The molecule has 0 aliphatic carbocycles. The molecule has 1 saturated heterocycles. The summed E-state index contributed by atoms with van der Waals surface area (Å²) in [6.07, 6.45) is 3.08. The first-order valence-electron chi connectivity index (χ1n) is 7.30. The van der Waals surface area contributed by atoms with Crippen molar-refractivity contribution in [3.63, 3.8) is 0 Å². The van der Waals surface area contributed by atoms with E-state index in [0.717, 1.165) is 12.8 Å². The number of primary amides is 1. The van der Waals surface area contributed by atoms with Crippen LogP contribution in [0.25, 0.3) is 0 Å². The molecule has 2 N–H and O–H groups in total. The standard InChI is InChI=1S/C15H21ClN4O2/c1-10-3-4-11(15(17)22)8-20(10)14(21)9-19(2)13-6-5-12(16)7-18-13/h5-7,10-11H,3-4,8-9H2,1-2H3,(H2,17,22)/t10-,11-/m1/s1. The predicted molar refractivity (Wildman–Crippen MR) is 85.6 cm³/mol. The van der Waals surface area contributed by atoms with Crippen LogP contribution in [0.3, 0.4) is 0 Å². The molecule has 0 aromatic carbocycles. The topological polar surface area (TPSA) is 79.5 Å². The maximum absolute atomic E-state index is 12.5. The Morgan fingerprint density at radius 2 is 2.18 bits per heavy atom. The lowest BCUT2D eigenvalue weighted by molar-refractivity contribution is -0.136. The number of carbonyl (C=O) groups is 2. The number of likely N-dealkylation sites (tertiary alicyclic amines) is 1. The first-order chi connectivity index (χ1) is 10.4. The number of nitrogens with zero attached hydrogens (tertiary/aromatic N) is 3. The van der Waals surface area contributed by atoms with E-state index in [1.165, 1.54) is 0 Å². The van der Waals surface area contributed by atoms with Gasteiger partial charge in [0.05, 0.1) is 17.5 Å².